The summed E-state index contributed by atoms with van der Waals surface area (Å²) >= 11 is 5.81. The summed E-state index contributed by atoms with van der Waals surface area (Å²) in [5.74, 6) is 0.634. The van der Waals surface area contributed by atoms with Crippen LogP contribution in [0, 0.1) is 5.92 Å². The molecular weight excluding hydrogens is 390 g/mol. The summed E-state index contributed by atoms with van der Waals surface area (Å²) < 4.78 is 0. The maximum Gasteiger partial charge on any atom is 0.229 e. The molecule has 7 nitrogen and oxygen atoms in total. The van der Waals surface area contributed by atoms with E-state index in [1.165, 1.54) is 0 Å². The van der Waals surface area contributed by atoms with Gasteiger partial charge in [-0.05, 0) is 49.6 Å². The number of hydrogen-bond acceptors (Lipinski definition) is 5. The summed E-state index contributed by atoms with van der Waals surface area (Å²) in [6.45, 7) is 6.13. The number of nitrogens with one attached hydrogen (secondary N) is 1. The Morgan fingerprint density at radius 1 is 1.28 bits per heavy atom. The third kappa shape index (κ3) is 5.67. The van der Waals surface area contributed by atoms with Crippen molar-refractivity contribution in [2.75, 3.05) is 29.9 Å². The number of anilines is 2. The maximum absolute atomic E-state index is 12.8. The number of benzene rings is 1. The van der Waals surface area contributed by atoms with E-state index in [-0.39, 0.29) is 17.7 Å². The van der Waals surface area contributed by atoms with Crippen molar-refractivity contribution in [2.45, 2.75) is 33.2 Å². The van der Waals surface area contributed by atoms with Crippen LogP contribution in [0.15, 0.2) is 36.4 Å². The van der Waals surface area contributed by atoms with Crippen LogP contribution >= 0.6 is 11.6 Å². The molecule has 1 atom stereocenters. The second kappa shape index (κ2) is 9.69. The van der Waals surface area contributed by atoms with E-state index in [0.717, 1.165) is 36.5 Å². The highest BCUT2D eigenvalue weighted by atomic mass is 35.5. The third-order valence-electron chi connectivity index (χ3n) is 5.13. The molecular formula is C21H26ClN5O2. The minimum Gasteiger partial charge on any atom is -0.354 e. The Kier molecular flexibility index (Phi) is 7.04. The molecule has 1 aliphatic heterocycles. The lowest BCUT2D eigenvalue weighted by Crippen LogP contribution is -2.41. The Balaban J connectivity index is 1.63. The highest BCUT2D eigenvalue weighted by molar-refractivity contribution is 6.29. The van der Waals surface area contributed by atoms with E-state index < -0.39 is 0 Å². The molecule has 1 aliphatic rings. The Morgan fingerprint density at radius 2 is 2.10 bits per heavy atom. The monoisotopic (exact) mass is 415 g/mol. The van der Waals surface area contributed by atoms with Crippen LogP contribution in [0.25, 0.3) is 0 Å². The Bertz CT molecular complexity index is 858. The number of amides is 2. The van der Waals surface area contributed by atoms with E-state index in [9.17, 15) is 9.59 Å². The summed E-state index contributed by atoms with van der Waals surface area (Å²) in [6, 6.07) is 11.2. The van der Waals surface area contributed by atoms with Crippen molar-refractivity contribution in [3.05, 3.63) is 47.1 Å². The Hall–Kier alpha value is -2.67. The molecule has 1 aromatic carbocycles. The van der Waals surface area contributed by atoms with Crippen LogP contribution in [-0.4, -0.2) is 46.5 Å². The Labute approximate surface area is 176 Å². The zero-order valence-corrected chi connectivity index (χ0v) is 17.5. The fourth-order valence-corrected chi connectivity index (χ4v) is 3.64. The number of hydrogen-bond donors (Lipinski definition) is 1. The molecule has 1 fully saturated rings. The van der Waals surface area contributed by atoms with Crippen LogP contribution in [0.3, 0.4) is 0 Å². The van der Waals surface area contributed by atoms with Crippen molar-refractivity contribution >= 4 is 34.9 Å². The van der Waals surface area contributed by atoms with Gasteiger partial charge in [0.05, 0.1) is 5.92 Å². The van der Waals surface area contributed by atoms with Crippen LogP contribution in [0.5, 0.6) is 0 Å². The molecule has 29 heavy (non-hydrogen) atoms. The topological polar surface area (TPSA) is 78.4 Å². The second-order valence-corrected chi connectivity index (χ2v) is 7.61. The van der Waals surface area contributed by atoms with Crippen molar-refractivity contribution in [1.82, 2.24) is 15.1 Å². The molecule has 0 unspecified atom stereocenters. The first-order valence-electron chi connectivity index (χ1n) is 9.85. The van der Waals surface area contributed by atoms with Crippen LogP contribution in [0.1, 0.15) is 32.3 Å². The van der Waals surface area contributed by atoms with Gasteiger partial charge in [0, 0.05) is 38.8 Å². The molecule has 8 heteroatoms. The standard InChI is InChI=1S/C21H26ClN5O2/c1-3-26(15(2)28)13-16-6-4-8-18(12-16)23-21(29)17-7-5-11-27(14-17)20-10-9-19(22)24-25-20/h4,6,8-10,12,17H,3,5,7,11,13-14H2,1-2H3,(H,23,29)/t17-/m0/s1. The number of aromatic nitrogens is 2. The lowest BCUT2D eigenvalue weighted by atomic mass is 9.97. The molecule has 0 aliphatic carbocycles. The Morgan fingerprint density at radius 3 is 2.79 bits per heavy atom. The van der Waals surface area contributed by atoms with Gasteiger partial charge in [-0.15, -0.1) is 10.2 Å². The average molecular weight is 416 g/mol. The van der Waals surface area contributed by atoms with Crippen LogP contribution < -0.4 is 10.2 Å². The van der Waals surface area contributed by atoms with E-state index in [1.54, 1.807) is 17.9 Å². The van der Waals surface area contributed by atoms with E-state index in [2.05, 4.69) is 20.4 Å². The summed E-state index contributed by atoms with van der Waals surface area (Å²) in [5.41, 5.74) is 1.73. The molecule has 2 aromatic rings. The summed E-state index contributed by atoms with van der Waals surface area (Å²) in [4.78, 5) is 28.3. The zero-order chi connectivity index (χ0) is 20.8. The SMILES string of the molecule is CCN(Cc1cccc(NC(=O)[C@H]2CCCN(c3ccc(Cl)nn3)C2)c1)C(C)=O. The number of nitrogens with zero attached hydrogens (tertiary/aromatic N) is 4. The molecule has 0 radical (unpaired) electrons. The van der Waals surface area contributed by atoms with E-state index in [0.29, 0.717) is 24.8 Å². The molecule has 2 amide bonds. The van der Waals surface area contributed by atoms with Crippen molar-refractivity contribution in [3.63, 3.8) is 0 Å². The largest absolute Gasteiger partial charge is 0.354 e. The number of halogens is 1. The lowest BCUT2D eigenvalue weighted by molar-refractivity contribution is -0.129. The van der Waals surface area contributed by atoms with Gasteiger partial charge >= 0.3 is 0 Å². The molecule has 1 saturated heterocycles. The predicted octanol–water partition coefficient (Wildman–Crippen LogP) is 3.35. The molecule has 1 N–H and O–H groups in total. The minimum absolute atomic E-state index is 0.00677. The summed E-state index contributed by atoms with van der Waals surface area (Å²) in [5, 5.41) is 11.4. The number of piperidine rings is 1. The van der Waals surface area contributed by atoms with Gasteiger partial charge in [0.1, 0.15) is 0 Å². The van der Waals surface area contributed by atoms with Crippen molar-refractivity contribution in [3.8, 4) is 0 Å². The van der Waals surface area contributed by atoms with Crippen LogP contribution in [0.4, 0.5) is 11.5 Å². The first-order chi connectivity index (χ1) is 14.0. The van der Waals surface area contributed by atoms with Gasteiger partial charge < -0.3 is 15.1 Å². The normalized spacial score (nSPS) is 16.4. The summed E-state index contributed by atoms with van der Waals surface area (Å²) in [7, 11) is 0. The van der Waals surface area contributed by atoms with Crippen LogP contribution in [0.2, 0.25) is 5.15 Å². The van der Waals surface area contributed by atoms with E-state index in [4.69, 9.17) is 11.6 Å². The van der Waals surface area contributed by atoms with Gasteiger partial charge in [0.15, 0.2) is 11.0 Å². The first-order valence-corrected chi connectivity index (χ1v) is 10.2. The minimum atomic E-state index is -0.130. The van der Waals surface area contributed by atoms with Crippen LogP contribution in [-0.2, 0) is 16.1 Å². The van der Waals surface area contributed by atoms with Gasteiger partial charge in [-0.1, -0.05) is 23.7 Å². The smallest absolute Gasteiger partial charge is 0.229 e. The molecule has 2 heterocycles. The third-order valence-corrected chi connectivity index (χ3v) is 5.33. The maximum atomic E-state index is 12.8. The van der Waals surface area contributed by atoms with Gasteiger partial charge in [-0.3, -0.25) is 9.59 Å². The number of rotatable bonds is 6. The van der Waals surface area contributed by atoms with Crippen molar-refractivity contribution < 1.29 is 9.59 Å². The van der Waals surface area contributed by atoms with E-state index >= 15 is 0 Å². The van der Waals surface area contributed by atoms with Gasteiger partial charge in [0.2, 0.25) is 11.8 Å². The van der Waals surface area contributed by atoms with Gasteiger partial charge in [0.25, 0.3) is 0 Å². The number of carbonyl (C=O) groups is 2. The molecule has 3 rings (SSSR count). The second-order valence-electron chi connectivity index (χ2n) is 7.22. The molecule has 1 aromatic heterocycles. The molecule has 154 valence electrons. The molecule has 0 saturated carbocycles. The highest BCUT2D eigenvalue weighted by Crippen LogP contribution is 2.23. The lowest BCUT2D eigenvalue weighted by Gasteiger charge is -2.32. The molecule has 0 spiro atoms. The quantitative estimate of drug-likeness (QED) is 0.782. The zero-order valence-electron chi connectivity index (χ0n) is 16.8. The van der Waals surface area contributed by atoms with E-state index in [1.807, 2.05) is 37.3 Å². The highest BCUT2D eigenvalue weighted by Gasteiger charge is 2.27. The summed E-state index contributed by atoms with van der Waals surface area (Å²) in [6.07, 6.45) is 1.74. The number of carbonyl (C=O) groups excluding carboxylic acids is 2. The van der Waals surface area contributed by atoms with Gasteiger partial charge in [-0.25, -0.2) is 0 Å². The van der Waals surface area contributed by atoms with Crippen molar-refractivity contribution in [2.24, 2.45) is 5.92 Å². The predicted molar refractivity (Wildman–Crippen MR) is 114 cm³/mol. The van der Waals surface area contributed by atoms with Crippen molar-refractivity contribution in [1.29, 1.82) is 0 Å². The van der Waals surface area contributed by atoms with Gasteiger partial charge in [-0.2, -0.15) is 0 Å². The fraction of sp³-hybridized carbons (Fsp3) is 0.429. The first kappa shape index (κ1) is 21.0. The fourth-order valence-electron chi connectivity index (χ4n) is 3.53. The average Bonchev–Trinajstić information content (AvgIpc) is 2.72. The molecule has 0 bridgehead atoms.